The van der Waals surface area contributed by atoms with Gasteiger partial charge in [-0.3, -0.25) is 9.88 Å². The maximum Gasteiger partial charge on any atom is 0.325 e. The number of rotatable bonds is 6. The minimum atomic E-state index is -4.22. The highest BCUT2D eigenvalue weighted by atomic mass is 31.2. The normalized spacial score (nSPS) is 34.7. The van der Waals surface area contributed by atoms with Crippen LogP contribution in [0.4, 0.5) is 0 Å². The fourth-order valence-electron chi connectivity index (χ4n) is 1.94. The third-order valence-corrected chi connectivity index (χ3v) is 3.87. The van der Waals surface area contributed by atoms with Gasteiger partial charge in [0, 0.05) is 13.0 Å². The molecule has 0 aliphatic carbocycles. The van der Waals surface area contributed by atoms with E-state index in [2.05, 4.69) is 11.2 Å². The molecule has 1 unspecified atom stereocenters. The smallest absolute Gasteiger partial charge is 0.325 e. The average molecular weight is 309 g/mol. The zero-order valence-electron chi connectivity index (χ0n) is 10.8. The van der Waals surface area contributed by atoms with Gasteiger partial charge in [0.1, 0.15) is 24.5 Å². The number of hydrogen-bond donors (Lipinski definition) is 6. The zero-order chi connectivity index (χ0) is 15.3. The van der Waals surface area contributed by atoms with Crippen LogP contribution >= 0.6 is 7.60 Å². The summed E-state index contributed by atoms with van der Waals surface area (Å²) in [5.41, 5.74) is 0. The van der Waals surface area contributed by atoms with Crippen LogP contribution in [0.5, 0.6) is 0 Å². The van der Waals surface area contributed by atoms with Crippen LogP contribution in [0.25, 0.3) is 0 Å². The fraction of sp³-hybridized carbons (Fsp3) is 0.818. The number of terminal acetylenes is 1. The lowest BCUT2D eigenvalue weighted by Gasteiger charge is -2.41. The van der Waals surface area contributed by atoms with Gasteiger partial charge in [0.25, 0.3) is 0 Å². The maximum atomic E-state index is 10.8. The molecule has 1 heterocycles. The van der Waals surface area contributed by atoms with Gasteiger partial charge in [-0.2, -0.15) is 0 Å². The molecular formula is C11H20NO7P. The summed E-state index contributed by atoms with van der Waals surface area (Å²) in [4.78, 5) is 17.6. The number of aliphatic hydroxyl groups is 3. The molecule has 20 heavy (non-hydrogen) atoms. The first-order chi connectivity index (χ1) is 9.26. The van der Waals surface area contributed by atoms with Crippen molar-refractivity contribution in [3.05, 3.63) is 0 Å². The van der Waals surface area contributed by atoms with Crippen molar-refractivity contribution in [3.8, 4) is 12.3 Å². The Kier molecular flexibility index (Phi) is 6.58. The molecule has 1 aliphatic rings. The molecule has 0 aromatic rings. The van der Waals surface area contributed by atoms with Gasteiger partial charge in [0.05, 0.1) is 12.3 Å². The van der Waals surface area contributed by atoms with Crippen molar-refractivity contribution in [2.24, 2.45) is 0 Å². The molecule has 6 N–H and O–H groups in total. The molecule has 0 spiro atoms. The summed E-state index contributed by atoms with van der Waals surface area (Å²) < 4.78 is 16.2. The van der Waals surface area contributed by atoms with Gasteiger partial charge in [0.15, 0.2) is 0 Å². The van der Waals surface area contributed by atoms with Crippen LogP contribution in [0, 0.1) is 12.3 Å². The number of hydrogen-bond acceptors (Lipinski definition) is 6. The summed E-state index contributed by atoms with van der Waals surface area (Å²) in [6.07, 6.45) is -1.31. The highest BCUT2D eigenvalue weighted by Gasteiger charge is 2.43. The summed E-state index contributed by atoms with van der Waals surface area (Å²) in [6, 6.07) is 0. The molecule has 0 saturated carbocycles. The number of nitrogens with one attached hydrogen (secondary N) is 1. The lowest BCUT2D eigenvalue weighted by atomic mass is 9.96. The van der Waals surface area contributed by atoms with E-state index in [1.807, 2.05) is 0 Å². The Morgan fingerprint density at radius 2 is 1.85 bits per heavy atom. The predicted octanol–water partition coefficient (Wildman–Crippen LogP) is -2.03. The van der Waals surface area contributed by atoms with E-state index in [0.29, 0.717) is 13.0 Å². The fourth-order valence-corrected chi connectivity index (χ4v) is 2.53. The first-order valence-electron chi connectivity index (χ1n) is 6.17. The molecule has 0 radical (unpaired) electrons. The first-order valence-corrected chi connectivity index (χ1v) is 7.97. The SMILES string of the molecule is C#CCCNC1O[C@H](CCP(=O)(O)O)[C@@H](O)[C@H](O)[C@@H]1O. The summed E-state index contributed by atoms with van der Waals surface area (Å²) in [6.45, 7) is 0.340. The molecule has 1 rings (SSSR count). The molecule has 0 aromatic carbocycles. The standard InChI is InChI=1S/C11H20NO7P/c1-2-3-5-12-11-10(15)9(14)8(13)7(19-11)4-6-20(16,17)18/h1,7-15H,3-6H2,(H2,16,17,18)/t7-,8-,9+,10+,11?/m1/s1. The topological polar surface area (TPSA) is 139 Å². The molecular weight excluding hydrogens is 289 g/mol. The summed E-state index contributed by atoms with van der Waals surface area (Å²) in [5, 5.41) is 32.0. The summed E-state index contributed by atoms with van der Waals surface area (Å²) in [5.74, 6) is 2.38. The third kappa shape index (κ3) is 5.13. The Morgan fingerprint density at radius 3 is 2.40 bits per heavy atom. The van der Waals surface area contributed by atoms with Crippen molar-refractivity contribution >= 4 is 7.60 Å². The van der Waals surface area contributed by atoms with E-state index < -0.39 is 44.4 Å². The van der Waals surface area contributed by atoms with E-state index >= 15 is 0 Å². The second-order valence-electron chi connectivity index (χ2n) is 4.65. The van der Waals surface area contributed by atoms with E-state index in [0.717, 1.165) is 0 Å². The molecule has 0 aromatic heterocycles. The van der Waals surface area contributed by atoms with E-state index in [1.54, 1.807) is 0 Å². The van der Waals surface area contributed by atoms with E-state index in [9.17, 15) is 19.9 Å². The largest absolute Gasteiger partial charge is 0.388 e. The van der Waals surface area contributed by atoms with Gasteiger partial charge in [-0.15, -0.1) is 12.3 Å². The van der Waals surface area contributed by atoms with Crippen LogP contribution in [0.15, 0.2) is 0 Å². The Morgan fingerprint density at radius 1 is 1.20 bits per heavy atom. The minimum Gasteiger partial charge on any atom is -0.388 e. The van der Waals surface area contributed by atoms with Crippen molar-refractivity contribution in [1.82, 2.24) is 5.32 Å². The van der Waals surface area contributed by atoms with Crippen LogP contribution in [-0.4, -0.2) is 68.5 Å². The van der Waals surface area contributed by atoms with Gasteiger partial charge < -0.3 is 29.8 Å². The molecule has 116 valence electrons. The monoisotopic (exact) mass is 309 g/mol. The molecule has 0 bridgehead atoms. The van der Waals surface area contributed by atoms with Gasteiger partial charge in [0.2, 0.25) is 0 Å². The second-order valence-corrected chi connectivity index (χ2v) is 6.43. The van der Waals surface area contributed by atoms with E-state index in [-0.39, 0.29) is 6.42 Å². The number of ether oxygens (including phenoxy) is 1. The van der Waals surface area contributed by atoms with Gasteiger partial charge >= 0.3 is 7.60 Å². The van der Waals surface area contributed by atoms with Crippen LogP contribution in [-0.2, 0) is 9.30 Å². The van der Waals surface area contributed by atoms with Crippen LogP contribution < -0.4 is 5.32 Å². The Bertz CT molecular complexity index is 393. The molecule has 0 amide bonds. The van der Waals surface area contributed by atoms with Gasteiger partial charge in [-0.05, 0) is 6.42 Å². The molecule has 1 fully saturated rings. The zero-order valence-corrected chi connectivity index (χ0v) is 11.7. The lowest BCUT2D eigenvalue weighted by molar-refractivity contribution is -0.229. The van der Waals surface area contributed by atoms with Gasteiger partial charge in [-0.1, -0.05) is 0 Å². The quantitative estimate of drug-likeness (QED) is 0.188. The molecule has 5 atom stereocenters. The van der Waals surface area contributed by atoms with E-state index in [4.69, 9.17) is 20.9 Å². The highest BCUT2D eigenvalue weighted by molar-refractivity contribution is 7.51. The predicted molar refractivity (Wildman–Crippen MR) is 69.7 cm³/mol. The van der Waals surface area contributed by atoms with Crippen LogP contribution in [0.3, 0.4) is 0 Å². The van der Waals surface area contributed by atoms with Crippen molar-refractivity contribution in [2.45, 2.75) is 43.5 Å². The van der Waals surface area contributed by atoms with Gasteiger partial charge in [-0.25, -0.2) is 0 Å². The van der Waals surface area contributed by atoms with Crippen LogP contribution in [0.1, 0.15) is 12.8 Å². The van der Waals surface area contributed by atoms with Crippen LogP contribution in [0.2, 0.25) is 0 Å². The lowest BCUT2D eigenvalue weighted by Crippen LogP contribution is -2.61. The third-order valence-electron chi connectivity index (χ3n) is 3.03. The minimum absolute atomic E-state index is 0.136. The van der Waals surface area contributed by atoms with Crippen molar-refractivity contribution in [3.63, 3.8) is 0 Å². The Balaban J connectivity index is 2.61. The maximum absolute atomic E-state index is 10.8. The first kappa shape index (κ1) is 17.6. The Hall–Kier alpha value is -0.490. The van der Waals surface area contributed by atoms with Crippen molar-refractivity contribution < 1.29 is 34.4 Å². The Labute approximate surface area is 116 Å². The van der Waals surface area contributed by atoms with E-state index in [1.165, 1.54) is 0 Å². The summed E-state index contributed by atoms with van der Waals surface area (Å²) in [7, 11) is -4.22. The summed E-state index contributed by atoms with van der Waals surface area (Å²) >= 11 is 0. The van der Waals surface area contributed by atoms with Crippen molar-refractivity contribution in [1.29, 1.82) is 0 Å². The molecule has 1 saturated heterocycles. The molecule has 9 heteroatoms. The average Bonchev–Trinajstić information content (AvgIpc) is 2.36. The highest BCUT2D eigenvalue weighted by Crippen LogP contribution is 2.37. The molecule has 8 nitrogen and oxygen atoms in total. The van der Waals surface area contributed by atoms with Crippen molar-refractivity contribution in [2.75, 3.05) is 12.7 Å². The second kappa shape index (κ2) is 7.50. The number of aliphatic hydroxyl groups excluding tert-OH is 3. The molecule has 1 aliphatic heterocycles.